The number of nitrogens with zero attached hydrogens (tertiary/aromatic N) is 2. The molecule has 26 heavy (non-hydrogen) atoms. The fourth-order valence-electron chi connectivity index (χ4n) is 2.76. The van der Waals surface area contributed by atoms with Crippen molar-refractivity contribution >= 4 is 26.7 Å². The van der Waals surface area contributed by atoms with Gasteiger partial charge in [0.25, 0.3) is 0 Å². The maximum atomic E-state index is 12.6. The van der Waals surface area contributed by atoms with Crippen molar-refractivity contribution in [2.45, 2.75) is 11.3 Å². The van der Waals surface area contributed by atoms with Gasteiger partial charge >= 0.3 is 0 Å². The van der Waals surface area contributed by atoms with E-state index < -0.39 is 21.8 Å². The van der Waals surface area contributed by atoms with Crippen LogP contribution in [-0.4, -0.2) is 30.7 Å². The van der Waals surface area contributed by atoms with Gasteiger partial charge in [0.2, 0.25) is 15.9 Å². The summed E-state index contributed by atoms with van der Waals surface area (Å²) in [7, 11) is -1.98. The Labute approximate surface area is 151 Å². The number of sulfonamides is 1. The second-order valence-electron chi connectivity index (χ2n) is 6.19. The molecule has 0 spiro atoms. The summed E-state index contributed by atoms with van der Waals surface area (Å²) in [6, 6.07) is 12.4. The third kappa shape index (κ3) is 4.09. The highest BCUT2D eigenvalue weighted by Gasteiger charge is 2.21. The molecule has 0 bridgehead atoms. The number of hydrogen-bond acceptors (Lipinski definition) is 4. The lowest BCUT2D eigenvalue weighted by molar-refractivity contribution is -0.121. The number of carbonyl (C=O) groups is 1. The number of aromatic nitrogens is 2. The van der Waals surface area contributed by atoms with Crippen LogP contribution in [0.15, 0.2) is 59.8 Å². The van der Waals surface area contributed by atoms with Gasteiger partial charge in [-0.2, -0.15) is 5.10 Å². The standard InChI is InChI=1S/C18H20N4O3S/c1-22-12-13(10-20-22)8-16(18(19)23)11-21-26(24,25)17-7-6-14-4-2-3-5-15(14)9-17/h2-7,9-10,12,16,21H,8,11H2,1H3,(H2,19,23)/t16-/m1/s1. The highest BCUT2D eigenvalue weighted by atomic mass is 32.2. The van der Waals surface area contributed by atoms with Crippen molar-refractivity contribution in [3.63, 3.8) is 0 Å². The Bertz CT molecular complexity index is 1040. The fourth-order valence-corrected chi connectivity index (χ4v) is 3.88. The summed E-state index contributed by atoms with van der Waals surface area (Å²) in [6.07, 6.45) is 3.73. The predicted octanol–water partition coefficient (Wildman–Crippen LogP) is 1.20. The summed E-state index contributed by atoms with van der Waals surface area (Å²) in [6.45, 7) is -0.0701. The largest absolute Gasteiger partial charge is 0.369 e. The third-order valence-corrected chi connectivity index (χ3v) is 5.62. The average molecular weight is 372 g/mol. The van der Waals surface area contributed by atoms with E-state index >= 15 is 0 Å². The summed E-state index contributed by atoms with van der Waals surface area (Å²) in [5.74, 6) is -1.22. The van der Waals surface area contributed by atoms with Gasteiger partial charge in [-0.25, -0.2) is 13.1 Å². The maximum absolute atomic E-state index is 12.6. The van der Waals surface area contributed by atoms with E-state index in [1.165, 1.54) is 0 Å². The lowest BCUT2D eigenvalue weighted by Crippen LogP contribution is -2.37. The van der Waals surface area contributed by atoms with Crippen molar-refractivity contribution in [3.8, 4) is 0 Å². The van der Waals surface area contributed by atoms with Crippen LogP contribution >= 0.6 is 0 Å². The molecule has 3 N–H and O–H groups in total. The molecule has 0 aliphatic carbocycles. The van der Waals surface area contributed by atoms with Crippen LogP contribution in [0.2, 0.25) is 0 Å². The van der Waals surface area contributed by atoms with Gasteiger partial charge in [0.15, 0.2) is 0 Å². The van der Waals surface area contributed by atoms with Crippen LogP contribution in [0.1, 0.15) is 5.56 Å². The zero-order valence-electron chi connectivity index (χ0n) is 14.3. The fraction of sp³-hybridized carbons (Fsp3) is 0.222. The Morgan fingerprint density at radius 3 is 2.62 bits per heavy atom. The van der Waals surface area contributed by atoms with Crippen LogP contribution in [0.5, 0.6) is 0 Å². The highest BCUT2D eigenvalue weighted by Crippen LogP contribution is 2.19. The first kappa shape index (κ1) is 18.1. The number of nitrogens with two attached hydrogens (primary N) is 1. The Morgan fingerprint density at radius 1 is 1.23 bits per heavy atom. The van der Waals surface area contributed by atoms with Crippen molar-refractivity contribution in [2.24, 2.45) is 18.7 Å². The Kier molecular flexibility index (Phi) is 5.06. The number of rotatable bonds is 7. The van der Waals surface area contributed by atoms with E-state index in [2.05, 4.69) is 9.82 Å². The average Bonchev–Trinajstić information content (AvgIpc) is 3.03. The van der Waals surface area contributed by atoms with Gasteiger partial charge in [0, 0.05) is 19.8 Å². The molecule has 0 unspecified atom stereocenters. The lowest BCUT2D eigenvalue weighted by Gasteiger charge is -2.14. The minimum absolute atomic E-state index is 0.0701. The van der Waals surface area contributed by atoms with Gasteiger partial charge in [-0.15, -0.1) is 0 Å². The van der Waals surface area contributed by atoms with Gasteiger partial charge in [-0.3, -0.25) is 9.48 Å². The maximum Gasteiger partial charge on any atom is 0.240 e. The quantitative estimate of drug-likeness (QED) is 0.650. The van der Waals surface area contributed by atoms with Crippen LogP contribution in [0.4, 0.5) is 0 Å². The molecular weight excluding hydrogens is 352 g/mol. The summed E-state index contributed by atoms with van der Waals surface area (Å²) in [4.78, 5) is 11.9. The second-order valence-corrected chi connectivity index (χ2v) is 7.95. The van der Waals surface area contributed by atoms with E-state index in [9.17, 15) is 13.2 Å². The molecule has 0 saturated carbocycles. The molecule has 7 nitrogen and oxygen atoms in total. The molecule has 0 saturated heterocycles. The van der Waals surface area contributed by atoms with Gasteiger partial charge in [0.1, 0.15) is 0 Å². The number of benzene rings is 2. The van der Waals surface area contributed by atoms with Crippen LogP contribution < -0.4 is 10.5 Å². The molecule has 0 radical (unpaired) electrons. The molecule has 2 aromatic carbocycles. The topological polar surface area (TPSA) is 107 Å². The van der Waals surface area contributed by atoms with Crippen LogP contribution in [0, 0.1) is 5.92 Å². The number of primary amides is 1. The van der Waals surface area contributed by atoms with E-state index in [1.807, 2.05) is 24.3 Å². The first-order chi connectivity index (χ1) is 12.3. The lowest BCUT2D eigenvalue weighted by atomic mass is 10.0. The Hall–Kier alpha value is -2.71. The first-order valence-electron chi connectivity index (χ1n) is 8.10. The van der Waals surface area contributed by atoms with Gasteiger partial charge in [-0.05, 0) is 34.9 Å². The van der Waals surface area contributed by atoms with E-state index in [0.29, 0.717) is 6.42 Å². The van der Waals surface area contributed by atoms with E-state index in [-0.39, 0.29) is 11.4 Å². The molecule has 0 aliphatic heterocycles. The van der Waals surface area contributed by atoms with E-state index in [4.69, 9.17) is 5.73 Å². The molecule has 0 aliphatic rings. The molecule has 1 heterocycles. The van der Waals surface area contributed by atoms with Crippen LogP contribution in [-0.2, 0) is 28.3 Å². The minimum atomic E-state index is -3.75. The molecule has 1 atom stereocenters. The molecule has 3 aromatic rings. The third-order valence-electron chi connectivity index (χ3n) is 4.19. The summed E-state index contributed by atoms with van der Waals surface area (Å²) < 4.78 is 29.3. The summed E-state index contributed by atoms with van der Waals surface area (Å²) >= 11 is 0. The zero-order valence-corrected chi connectivity index (χ0v) is 15.1. The monoisotopic (exact) mass is 372 g/mol. The molecule has 1 amide bonds. The minimum Gasteiger partial charge on any atom is -0.369 e. The molecule has 1 aromatic heterocycles. The van der Waals surface area contributed by atoms with Crippen LogP contribution in [0.3, 0.4) is 0 Å². The number of nitrogens with one attached hydrogen (secondary N) is 1. The van der Waals surface area contributed by atoms with E-state index in [0.717, 1.165) is 16.3 Å². The van der Waals surface area contributed by atoms with Crippen LogP contribution in [0.25, 0.3) is 10.8 Å². The number of aryl methyl sites for hydroxylation is 1. The van der Waals surface area contributed by atoms with Crippen molar-refractivity contribution in [3.05, 3.63) is 60.4 Å². The molecule has 8 heteroatoms. The van der Waals surface area contributed by atoms with Crippen molar-refractivity contribution in [1.82, 2.24) is 14.5 Å². The van der Waals surface area contributed by atoms with E-state index in [1.54, 1.807) is 42.3 Å². The van der Waals surface area contributed by atoms with Gasteiger partial charge in [0.05, 0.1) is 17.0 Å². The highest BCUT2D eigenvalue weighted by molar-refractivity contribution is 7.89. The number of carbonyl (C=O) groups excluding carboxylic acids is 1. The smallest absolute Gasteiger partial charge is 0.240 e. The van der Waals surface area contributed by atoms with Crippen molar-refractivity contribution < 1.29 is 13.2 Å². The SMILES string of the molecule is Cn1cc(C[C@H](CNS(=O)(=O)c2ccc3ccccc3c2)C(N)=O)cn1. The molecular formula is C18H20N4O3S. The van der Waals surface area contributed by atoms with Crippen molar-refractivity contribution in [2.75, 3.05) is 6.54 Å². The predicted molar refractivity (Wildman–Crippen MR) is 98.7 cm³/mol. The Balaban J connectivity index is 1.75. The van der Waals surface area contributed by atoms with Crippen molar-refractivity contribution in [1.29, 1.82) is 0 Å². The second kappa shape index (κ2) is 7.27. The number of fused-ring (bicyclic) bond motifs is 1. The molecule has 3 rings (SSSR count). The molecule has 136 valence electrons. The summed E-state index contributed by atoms with van der Waals surface area (Å²) in [5.41, 5.74) is 6.25. The Morgan fingerprint density at radius 2 is 1.96 bits per heavy atom. The first-order valence-corrected chi connectivity index (χ1v) is 9.59. The molecule has 0 fully saturated rings. The zero-order chi connectivity index (χ0) is 18.7. The number of hydrogen-bond donors (Lipinski definition) is 2. The summed E-state index contributed by atoms with van der Waals surface area (Å²) in [5, 5.41) is 5.83. The number of amides is 1. The van der Waals surface area contributed by atoms with Gasteiger partial charge < -0.3 is 5.73 Å². The normalized spacial score (nSPS) is 13.0. The van der Waals surface area contributed by atoms with Gasteiger partial charge in [-0.1, -0.05) is 30.3 Å².